The lowest BCUT2D eigenvalue weighted by Gasteiger charge is -2.02. The Kier molecular flexibility index (Phi) is 2.93. The molecule has 0 amide bonds. The van der Waals surface area contributed by atoms with Gasteiger partial charge in [-0.25, -0.2) is 4.98 Å². The fourth-order valence-corrected chi connectivity index (χ4v) is 1.58. The van der Waals surface area contributed by atoms with Crippen molar-refractivity contribution in [3.8, 4) is 5.88 Å². The number of aromatic nitrogens is 4. The van der Waals surface area contributed by atoms with Gasteiger partial charge in [-0.1, -0.05) is 0 Å². The van der Waals surface area contributed by atoms with Gasteiger partial charge < -0.3 is 9.84 Å². The maximum atomic E-state index is 9.26. The monoisotopic (exact) mass is 242 g/mol. The lowest BCUT2D eigenvalue weighted by Crippen LogP contribution is -2.11. The van der Waals surface area contributed by atoms with E-state index in [1.54, 1.807) is 17.8 Å². The highest BCUT2D eigenvalue weighted by Gasteiger charge is 2.12. The first kappa shape index (κ1) is 11.1. The van der Waals surface area contributed by atoms with Crippen molar-refractivity contribution in [2.24, 2.45) is 0 Å². The zero-order valence-corrected chi connectivity index (χ0v) is 9.64. The highest BCUT2D eigenvalue weighted by atomic mass is 35.5. The van der Waals surface area contributed by atoms with Gasteiger partial charge in [-0.05, 0) is 18.5 Å². The third-order valence-electron chi connectivity index (χ3n) is 2.00. The number of halogens is 1. The molecule has 0 aliphatic heterocycles. The molecular weight excluding hydrogens is 232 g/mol. The summed E-state index contributed by atoms with van der Waals surface area (Å²) in [5, 5.41) is 13.6. The summed E-state index contributed by atoms with van der Waals surface area (Å²) >= 11 is 5.73. The lowest BCUT2D eigenvalue weighted by atomic mass is 10.4. The molecule has 2 aromatic rings. The second-order valence-electron chi connectivity index (χ2n) is 3.44. The van der Waals surface area contributed by atoms with E-state index in [4.69, 9.17) is 16.3 Å². The number of aliphatic hydroxyl groups is 1. The molecule has 0 aromatic carbocycles. The largest absolute Gasteiger partial charge is 0.479 e. The molecule has 0 fully saturated rings. The van der Waals surface area contributed by atoms with Gasteiger partial charge in [0.15, 0.2) is 5.52 Å². The first-order valence-electron chi connectivity index (χ1n) is 4.73. The predicted molar refractivity (Wildman–Crippen MR) is 58.6 cm³/mol. The molecule has 6 nitrogen and oxygen atoms in total. The van der Waals surface area contributed by atoms with Crippen molar-refractivity contribution in [2.45, 2.75) is 19.6 Å². The number of hydrogen-bond acceptors (Lipinski definition) is 5. The van der Waals surface area contributed by atoms with Crippen LogP contribution in [0.25, 0.3) is 11.0 Å². The first-order chi connectivity index (χ1) is 7.60. The van der Waals surface area contributed by atoms with Gasteiger partial charge in [-0.15, -0.1) is 0 Å². The van der Waals surface area contributed by atoms with Crippen molar-refractivity contribution in [1.29, 1.82) is 0 Å². The average Bonchev–Trinajstić information content (AvgIpc) is 2.57. The summed E-state index contributed by atoms with van der Waals surface area (Å²) in [6.45, 7) is 2.07. The van der Waals surface area contributed by atoms with Crippen LogP contribution in [0.2, 0.25) is 5.28 Å². The quantitative estimate of drug-likeness (QED) is 0.809. The fraction of sp³-hybridized carbons (Fsp3) is 0.444. The Morgan fingerprint density at radius 2 is 2.31 bits per heavy atom. The average molecular weight is 243 g/mol. The third kappa shape index (κ3) is 2.07. The highest BCUT2D eigenvalue weighted by Crippen LogP contribution is 2.22. The molecule has 0 unspecified atom stereocenters. The summed E-state index contributed by atoms with van der Waals surface area (Å²) in [5.41, 5.74) is 1.13. The van der Waals surface area contributed by atoms with E-state index >= 15 is 0 Å². The number of rotatable bonds is 3. The maximum absolute atomic E-state index is 9.26. The Hall–Kier alpha value is -1.40. The minimum absolute atomic E-state index is 0.112. The van der Waals surface area contributed by atoms with Crippen LogP contribution in [0.3, 0.4) is 0 Å². The molecule has 0 saturated carbocycles. The molecule has 1 atom stereocenters. The summed E-state index contributed by atoms with van der Waals surface area (Å²) in [5.74, 6) is 0.333. The number of ether oxygens (including phenoxy) is 1. The van der Waals surface area contributed by atoms with Gasteiger partial charge in [0.25, 0.3) is 0 Å². The number of hydrogen-bond donors (Lipinski definition) is 1. The minimum Gasteiger partial charge on any atom is -0.479 e. The summed E-state index contributed by atoms with van der Waals surface area (Å²) < 4.78 is 6.64. The van der Waals surface area contributed by atoms with E-state index in [2.05, 4.69) is 15.1 Å². The first-order valence-corrected chi connectivity index (χ1v) is 5.10. The van der Waals surface area contributed by atoms with Crippen molar-refractivity contribution in [3.63, 3.8) is 0 Å². The molecule has 0 aliphatic rings. The molecule has 86 valence electrons. The predicted octanol–water partition coefficient (Wildman–Crippen LogP) is 0.869. The van der Waals surface area contributed by atoms with E-state index in [1.807, 2.05) is 0 Å². The SMILES string of the molecule is COc1nc(Cl)nc2cn(C[C@@H](C)O)nc12. The number of aliphatic hydroxyl groups excluding tert-OH is 1. The van der Waals surface area contributed by atoms with E-state index in [0.29, 0.717) is 23.5 Å². The van der Waals surface area contributed by atoms with Crippen LogP contribution >= 0.6 is 11.6 Å². The van der Waals surface area contributed by atoms with Crippen molar-refractivity contribution < 1.29 is 9.84 Å². The van der Waals surface area contributed by atoms with E-state index in [-0.39, 0.29) is 5.28 Å². The Morgan fingerprint density at radius 1 is 1.56 bits per heavy atom. The third-order valence-corrected chi connectivity index (χ3v) is 2.17. The minimum atomic E-state index is -0.483. The van der Waals surface area contributed by atoms with Gasteiger partial charge >= 0.3 is 0 Å². The van der Waals surface area contributed by atoms with E-state index in [0.717, 1.165) is 0 Å². The summed E-state index contributed by atoms with van der Waals surface area (Å²) in [4.78, 5) is 7.93. The van der Waals surface area contributed by atoms with Crippen molar-refractivity contribution in [3.05, 3.63) is 11.5 Å². The standard InChI is InChI=1S/C9H11ClN4O2/c1-5(15)3-14-4-6-7(13-14)8(16-2)12-9(10)11-6/h4-5,15H,3H2,1-2H3/t5-/m1/s1. The molecular formula is C9H11ClN4O2. The van der Waals surface area contributed by atoms with Gasteiger partial charge in [-0.3, -0.25) is 4.68 Å². The zero-order chi connectivity index (χ0) is 11.7. The molecule has 0 saturated heterocycles. The van der Waals surface area contributed by atoms with Crippen LogP contribution in [0, 0.1) is 0 Å². The van der Waals surface area contributed by atoms with E-state index < -0.39 is 6.10 Å². The van der Waals surface area contributed by atoms with Gasteiger partial charge in [0.2, 0.25) is 11.2 Å². The van der Waals surface area contributed by atoms with Crippen molar-refractivity contribution >= 4 is 22.6 Å². The molecule has 0 radical (unpaired) electrons. The topological polar surface area (TPSA) is 73.1 Å². The Bertz CT molecular complexity index is 511. The summed E-state index contributed by atoms with van der Waals surface area (Å²) in [6.07, 6.45) is 1.21. The van der Waals surface area contributed by atoms with Crippen molar-refractivity contribution in [1.82, 2.24) is 19.7 Å². The van der Waals surface area contributed by atoms with Crippen LogP contribution in [0.5, 0.6) is 5.88 Å². The fourth-order valence-electron chi connectivity index (χ4n) is 1.41. The van der Waals surface area contributed by atoms with Gasteiger partial charge in [0.1, 0.15) is 5.52 Å². The van der Waals surface area contributed by atoms with E-state index in [9.17, 15) is 5.11 Å². The highest BCUT2D eigenvalue weighted by molar-refractivity contribution is 6.28. The van der Waals surface area contributed by atoms with Gasteiger partial charge in [0.05, 0.1) is 26.0 Å². The van der Waals surface area contributed by atoms with Crippen LogP contribution in [0.4, 0.5) is 0 Å². The maximum Gasteiger partial charge on any atom is 0.246 e. The molecule has 2 heterocycles. The molecule has 0 aliphatic carbocycles. The molecule has 0 bridgehead atoms. The van der Waals surface area contributed by atoms with Gasteiger partial charge in [0, 0.05) is 0 Å². The summed E-state index contributed by atoms with van der Waals surface area (Å²) in [6, 6.07) is 0. The van der Waals surface area contributed by atoms with Crippen LogP contribution in [0.15, 0.2) is 6.20 Å². The Balaban J connectivity index is 2.51. The smallest absolute Gasteiger partial charge is 0.246 e. The second-order valence-corrected chi connectivity index (χ2v) is 3.77. The van der Waals surface area contributed by atoms with Crippen LogP contribution in [-0.2, 0) is 6.54 Å². The molecule has 16 heavy (non-hydrogen) atoms. The Labute approximate surface area is 96.8 Å². The Morgan fingerprint density at radius 3 is 2.94 bits per heavy atom. The second kappa shape index (κ2) is 4.23. The number of nitrogens with zero attached hydrogens (tertiary/aromatic N) is 4. The summed E-state index contributed by atoms with van der Waals surface area (Å²) in [7, 11) is 1.49. The number of fused-ring (bicyclic) bond motifs is 1. The van der Waals surface area contributed by atoms with Crippen LogP contribution in [0.1, 0.15) is 6.92 Å². The normalized spacial score (nSPS) is 13.0. The zero-order valence-electron chi connectivity index (χ0n) is 8.88. The van der Waals surface area contributed by atoms with Crippen LogP contribution < -0.4 is 4.74 Å². The van der Waals surface area contributed by atoms with E-state index in [1.165, 1.54) is 7.11 Å². The van der Waals surface area contributed by atoms with Gasteiger partial charge in [-0.2, -0.15) is 10.1 Å². The molecule has 7 heteroatoms. The van der Waals surface area contributed by atoms with Crippen LogP contribution in [-0.4, -0.2) is 38.1 Å². The molecule has 2 rings (SSSR count). The lowest BCUT2D eigenvalue weighted by molar-refractivity contribution is 0.169. The van der Waals surface area contributed by atoms with Crippen molar-refractivity contribution in [2.75, 3.05) is 7.11 Å². The molecule has 2 aromatic heterocycles. The molecule has 0 spiro atoms. The number of methoxy groups -OCH3 is 1. The molecule has 1 N–H and O–H groups in total.